The molecule has 0 amide bonds. The third-order valence-electron chi connectivity index (χ3n) is 3.45. The average Bonchev–Trinajstić information content (AvgIpc) is 2.62. The van der Waals surface area contributed by atoms with Crippen LogP contribution in [0.4, 0.5) is 0 Å². The second-order valence-electron chi connectivity index (χ2n) is 4.82. The van der Waals surface area contributed by atoms with E-state index in [1.807, 2.05) is 0 Å². The Balaban J connectivity index is 2.20. The van der Waals surface area contributed by atoms with Crippen molar-refractivity contribution >= 4 is 0 Å². The van der Waals surface area contributed by atoms with Gasteiger partial charge in [-0.05, 0) is 19.8 Å². The molecule has 1 aliphatic heterocycles. The van der Waals surface area contributed by atoms with E-state index in [-0.39, 0.29) is 0 Å². The highest BCUT2D eigenvalue weighted by Crippen LogP contribution is 2.17. The maximum atomic E-state index is 2.47. The molecular weight excluding hydrogens is 196 g/mol. The maximum absolute atomic E-state index is 2.47. The summed E-state index contributed by atoms with van der Waals surface area (Å²) >= 11 is 0. The zero-order chi connectivity index (χ0) is 11.8. The van der Waals surface area contributed by atoms with E-state index in [1.165, 1.54) is 51.6 Å². The zero-order valence-corrected chi connectivity index (χ0v) is 11.3. The van der Waals surface area contributed by atoms with Crippen molar-refractivity contribution in [2.45, 2.75) is 65.5 Å². The Labute approximate surface area is 101 Å². The van der Waals surface area contributed by atoms with Gasteiger partial charge in [-0.3, -0.25) is 0 Å². The molecule has 0 unspecified atom stereocenters. The highest BCUT2D eigenvalue weighted by Gasteiger charge is 2.20. The van der Waals surface area contributed by atoms with Crippen LogP contribution in [0.5, 0.6) is 0 Å². The van der Waals surface area contributed by atoms with Crippen LogP contribution in [0.2, 0.25) is 0 Å². The Kier molecular flexibility index (Phi) is 6.36. The first-order chi connectivity index (χ1) is 7.79. The van der Waals surface area contributed by atoms with Crippen molar-refractivity contribution in [1.82, 2.24) is 9.80 Å². The van der Waals surface area contributed by atoms with E-state index in [1.54, 1.807) is 0 Å². The molecule has 0 aromatic rings. The molecule has 0 aliphatic carbocycles. The highest BCUT2D eigenvalue weighted by atomic mass is 15.4. The second kappa shape index (κ2) is 7.59. The van der Waals surface area contributed by atoms with Gasteiger partial charge in [0.15, 0.2) is 0 Å². The van der Waals surface area contributed by atoms with Crippen LogP contribution in [0.25, 0.3) is 0 Å². The lowest BCUT2D eigenvalue weighted by Gasteiger charge is -2.29. The van der Waals surface area contributed by atoms with Crippen molar-refractivity contribution in [3.05, 3.63) is 12.4 Å². The van der Waals surface area contributed by atoms with Gasteiger partial charge in [0, 0.05) is 25.5 Å². The number of hydrogen-bond donors (Lipinski definition) is 0. The van der Waals surface area contributed by atoms with Crippen molar-refractivity contribution < 1.29 is 0 Å². The Morgan fingerprint density at radius 1 is 0.812 bits per heavy atom. The van der Waals surface area contributed by atoms with E-state index in [4.69, 9.17) is 0 Å². The molecule has 1 heterocycles. The maximum Gasteiger partial charge on any atom is 0.0977 e. The molecule has 0 bridgehead atoms. The van der Waals surface area contributed by atoms with E-state index < -0.39 is 0 Å². The SMILES string of the molecule is CCCCCN1C=CN(CCCCC)C1C. The van der Waals surface area contributed by atoms with Gasteiger partial charge in [-0.1, -0.05) is 39.5 Å². The van der Waals surface area contributed by atoms with E-state index in [0.717, 1.165) is 0 Å². The molecule has 2 nitrogen and oxygen atoms in total. The third kappa shape index (κ3) is 4.07. The molecule has 0 saturated carbocycles. The molecule has 1 rings (SSSR count). The van der Waals surface area contributed by atoms with Crippen LogP contribution in [0, 0.1) is 0 Å². The van der Waals surface area contributed by atoms with Crippen molar-refractivity contribution in [1.29, 1.82) is 0 Å². The van der Waals surface area contributed by atoms with Gasteiger partial charge < -0.3 is 9.80 Å². The first-order valence-electron chi connectivity index (χ1n) is 6.99. The fourth-order valence-electron chi connectivity index (χ4n) is 2.22. The average molecular weight is 224 g/mol. The van der Waals surface area contributed by atoms with Crippen LogP contribution in [-0.2, 0) is 0 Å². The van der Waals surface area contributed by atoms with Crippen LogP contribution in [-0.4, -0.2) is 29.1 Å². The topological polar surface area (TPSA) is 6.48 Å². The highest BCUT2D eigenvalue weighted by molar-refractivity contribution is 4.95. The Bertz CT molecular complexity index is 181. The smallest absolute Gasteiger partial charge is 0.0977 e. The Morgan fingerprint density at radius 2 is 1.25 bits per heavy atom. The molecule has 0 aromatic heterocycles. The van der Waals surface area contributed by atoms with Gasteiger partial charge in [0.05, 0.1) is 6.17 Å². The molecule has 16 heavy (non-hydrogen) atoms. The molecule has 0 saturated heterocycles. The van der Waals surface area contributed by atoms with Gasteiger partial charge in [0.1, 0.15) is 0 Å². The normalized spacial score (nSPS) is 16.4. The summed E-state index contributed by atoms with van der Waals surface area (Å²) in [5.74, 6) is 0. The summed E-state index contributed by atoms with van der Waals surface area (Å²) in [4.78, 5) is 4.95. The molecular formula is C14H28N2. The molecule has 0 N–H and O–H groups in total. The zero-order valence-electron chi connectivity index (χ0n) is 11.3. The summed E-state index contributed by atoms with van der Waals surface area (Å²) in [6, 6.07) is 0. The number of rotatable bonds is 8. The minimum absolute atomic E-state index is 0.578. The lowest BCUT2D eigenvalue weighted by Crippen LogP contribution is -2.36. The number of unbranched alkanes of at least 4 members (excludes halogenated alkanes) is 4. The van der Waals surface area contributed by atoms with Crippen LogP contribution in [0.1, 0.15) is 59.3 Å². The molecule has 0 atom stereocenters. The molecule has 0 aromatic carbocycles. The molecule has 0 spiro atoms. The molecule has 2 heteroatoms. The number of nitrogens with zero attached hydrogens (tertiary/aromatic N) is 2. The lowest BCUT2D eigenvalue weighted by atomic mass is 10.2. The van der Waals surface area contributed by atoms with Gasteiger partial charge in [-0.15, -0.1) is 0 Å². The van der Waals surface area contributed by atoms with Crippen molar-refractivity contribution in [3.63, 3.8) is 0 Å². The lowest BCUT2D eigenvalue weighted by molar-refractivity contribution is 0.166. The van der Waals surface area contributed by atoms with Crippen LogP contribution in [0.3, 0.4) is 0 Å². The predicted molar refractivity (Wildman–Crippen MR) is 71.1 cm³/mol. The first-order valence-corrected chi connectivity index (χ1v) is 6.99. The van der Waals surface area contributed by atoms with Gasteiger partial charge in [-0.25, -0.2) is 0 Å². The van der Waals surface area contributed by atoms with E-state index in [0.29, 0.717) is 6.17 Å². The summed E-state index contributed by atoms with van der Waals surface area (Å²) in [6.45, 7) is 9.28. The molecule has 94 valence electrons. The molecule has 0 fully saturated rings. The monoisotopic (exact) mass is 224 g/mol. The predicted octanol–water partition coefficient (Wildman–Crippen LogP) is 3.80. The van der Waals surface area contributed by atoms with Crippen molar-refractivity contribution in [2.24, 2.45) is 0 Å². The van der Waals surface area contributed by atoms with Gasteiger partial charge in [0.25, 0.3) is 0 Å². The molecule has 1 aliphatic rings. The summed E-state index contributed by atoms with van der Waals surface area (Å²) in [5.41, 5.74) is 0. The van der Waals surface area contributed by atoms with Gasteiger partial charge in [-0.2, -0.15) is 0 Å². The third-order valence-corrected chi connectivity index (χ3v) is 3.45. The fourth-order valence-corrected chi connectivity index (χ4v) is 2.22. The quantitative estimate of drug-likeness (QED) is 0.579. The van der Waals surface area contributed by atoms with Gasteiger partial charge >= 0.3 is 0 Å². The molecule has 0 radical (unpaired) electrons. The fraction of sp³-hybridized carbons (Fsp3) is 0.857. The van der Waals surface area contributed by atoms with Crippen molar-refractivity contribution in [2.75, 3.05) is 13.1 Å². The summed E-state index contributed by atoms with van der Waals surface area (Å²) < 4.78 is 0. The van der Waals surface area contributed by atoms with E-state index in [9.17, 15) is 0 Å². The first kappa shape index (κ1) is 13.4. The van der Waals surface area contributed by atoms with Crippen LogP contribution < -0.4 is 0 Å². The van der Waals surface area contributed by atoms with Gasteiger partial charge in [0.2, 0.25) is 0 Å². The minimum Gasteiger partial charge on any atom is -0.356 e. The standard InChI is InChI=1S/C14H28N2/c1-4-6-8-10-15-12-13-16(14(15)3)11-9-7-5-2/h12-14H,4-11H2,1-3H3. The van der Waals surface area contributed by atoms with E-state index in [2.05, 4.69) is 43.0 Å². The van der Waals surface area contributed by atoms with E-state index >= 15 is 0 Å². The summed E-state index contributed by atoms with van der Waals surface area (Å²) in [6.07, 6.45) is 13.1. The summed E-state index contributed by atoms with van der Waals surface area (Å²) in [5, 5.41) is 0. The second-order valence-corrected chi connectivity index (χ2v) is 4.82. The Hall–Kier alpha value is -0.660. The Morgan fingerprint density at radius 3 is 1.62 bits per heavy atom. The van der Waals surface area contributed by atoms with Crippen molar-refractivity contribution in [3.8, 4) is 0 Å². The summed E-state index contributed by atoms with van der Waals surface area (Å²) in [7, 11) is 0. The minimum atomic E-state index is 0.578. The van der Waals surface area contributed by atoms with Crippen LogP contribution >= 0.6 is 0 Å². The number of hydrogen-bond acceptors (Lipinski definition) is 2. The van der Waals surface area contributed by atoms with Crippen LogP contribution in [0.15, 0.2) is 12.4 Å². The largest absolute Gasteiger partial charge is 0.356 e.